The first-order valence-electron chi connectivity index (χ1n) is 4.11. The van der Waals surface area contributed by atoms with Gasteiger partial charge in [-0.3, -0.25) is 4.79 Å². The highest BCUT2D eigenvalue weighted by Crippen LogP contribution is 2.22. The van der Waals surface area contributed by atoms with E-state index in [9.17, 15) is 9.90 Å². The summed E-state index contributed by atoms with van der Waals surface area (Å²) in [4.78, 5) is 17.6. The number of aromatic amines is 1. The van der Waals surface area contributed by atoms with Gasteiger partial charge >= 0.3 is 0 Å². The van der Waals surface area contributed by atoms with Gasteiger partial charge in [-0.15, -0.1) is 0 Å². The molecule has 0 aliphatic carbocycles. The molecule has 0 unspecified atom stereocenters. The molecule has 0 bridgehead atoms. The minimum atomic E-state index is -0.240. The van der Waals surface area contributed by atoms with Crippen LogP contribution in [-0.4, -0.2) is 15.1 Å². The van der Waals surface area contributed by atoms with Crippen LogP contribution in [0, 0.1) is 0 Å². The zero-order valence-corrected chi connectivity index (χ0v) is 7.27. The van der Waals surface area contributed by atoms with Crippen LogP contribution in [0.1, 0.15) is 0 Å². The number of rotatable bonds is 1. The molecule has 0 radical (unpaired) electrons. The highest BCUT2D eigenvalue weighted by molar-refractivity contribution is 5.66. The Labute approximate surface area is 79.9 Å². The van der Waals surface area contributed by atoms with Crippen molar-refractivity contribution in [2.45, 2.75) is 0 Å². The summed E-state index contributed by atoms with van der Waals surface area (Å²) >= 11 is 0. The fraction of sp³-hybridized carbons (Fsp3) is 0. The number of aromatic nitrogens is 2. The zero-order valence-electron chi connectivity index (χ0n) is 7.27. The van der Waals surface area contributed by atoms with Crippen LogP contribution in [0.4, 0.5) is 0 Å². The number of hydrogen-bond donors (Lipinski definition) is 2. The molecule has 14 heavy (non-hydrogen) atoms. The Hall–Kier alpha value is -2.10. The second-order valence-electron chi connectivity index (χ2n) is 2.79. The first-order valence-corrected chi connectivity index (χ1v) is 4.11. The van der Waals surface area contributed by atoms with Gasteiger partial charge in [0.05, 0.1) is 5.56 Å². The number of nitrogens with one attached hydrogen (secondary N) is 1. The molecule has 0 spiro atoms. The fourth-order valence-electron chi connectivity index (χ4n) is 1.24. The second-order valence-corrected chi connectivity index (χ2v) is 2.79. The lowest BCUT2D eigenvalue weighted by molar-refractivity contribution is 0.455. The maximum Gasteiger partial charge on any atom is 0.256 e. The smallest absolute Gasteiger partial charge is 0.256 e. The largest absolute Gasteiger partial charge is 0.493 e. The summed E-state index contributed by atoms with van der Waals surface area (Å²) in [5.74, 6) is -0.135. The summed E-state index contributed by atoms with van der Waals surface area (Å²) in [6, 6.07) is 6.65. The first-order chi connectivity index (χ1) is 6.79. The minimum Gasteiger partial charge on any atom is -0.493 e. The summed E-state index contributed by atoms with van der Waals surface area (Å²) in [7, 11) is 0. The van der Waals surface area contributed by atoms with E-state index in [1.54, 1.807) is 30.5 Å². The molecule has 0 saturated heterocycles. The Morgan fingerprint density at radius 3 is 2.71 bits per heavy atom. The molecule has 0 amide bonds. The predicted molar refractivity (Wildman–Crippen MR) is 52.0 cm³/mol. The average molecular weight is 188 g/mol. The van der Waals surface area contributed by atoms with E-state index < -0.39 is 0 Å². The van der Waals surface area contributed by atoms with Crippen molar-refractivity contribution in [1.29, 1.82) is 0 Å². The Balaban J connectivity index is 2.67. The molecular formula is C10H8N2O2. The third-order valence-electron chi connectivity index (χ3n) is 1.90. The summed E-state index contributed by atoms with van der Waals surface area (Å²) in [5, 5.41) is 9.42. The lowest BCUT2D eigenvalue weighted by atomic mass is 10.1. The summed E-state index contributed by atoms with van der Waals surface area (Å²) < 4.78 is 0. The van der Waals surface area contributed by atoms with Crippen molar-refractivity contribution in [1.82, 2.24) is 9.97 Å². The third-order valence-corrected chi connectivity index (χ3v) is 1.90. The third kappa shape index (κ3) is 1.37. The fourth-order valence-corrected chi connectivity index (χ4v) is 1.24. The van der Waals surface area contributed by atoms with Crippen LogP contribution >= 0.6 is 0 Å². The molecule has 2 heterocycles. The van der Waals surface area contributed by atoms with Gasteiger partial charge in [0.2, 0.25) is 5.88 Å². The van der Waals surface area contributed by atoms with Gasteiger partial charge in [0.15, 0.2) is 0 Å². The number of aromatic hydroxyl groups is 1. The molecule has 0 aromatic carbocycles. The summed E-state index contributed by atoms with van der Waals surface area (Å²) in [5.41, 5.74) is 0.614. The van der Waals surface area contributed by atoms with Gasteiger partial charge < -0.3 is 10.1 Å². The highest BCUT2D eigenvalue weighted by Gasteiger charge is 2.06. The Bertz CT molecular complexity index is 505. The molecule has 0 atom stereocenters. The zero-order chi connectivity index (χ0) is 9.97. The summed E-state index contributed by atoms with van der Waals surface area (Å²) in [6.45, 7) is 0. The first kappa shape index (κ1) is 8.50. The highest BCUT2D eigenvalue weighted by atomic mass is 16.3. The van der Waals surface area contributed by atoms with Crippen molar-refractivity contribution in [3.8, 4) is 17.0 Å². The molecular weight excluding hydrogens is 180 g/mol. The van der Waals surface area contributed by atoms with Gasteiger partial charge in [-0.05, 0) is 24.3 Å². The van der Waals surface area contributed by atoms with Crippen LogP contribution in [0.15, 0.2) is 41.5 Å². The van der Waals surface area contributed by atoms with Crippen molar-refractivity contribution in [3.05, 3.63) is 47.0 Å². The van der Waals surface area contributed by atoms with Gasteiger partial charge in [-0.2, -0.15) is 0 Å². The topological polar surface area (TPSA) is 66.0 Å². The molecule has 0 aliphatic rings. The van der Waals surface area contributed by atoms with E-state index in [0.29, 0.717) is 11.1 Å². The van der Waals surface area contributed by atoms with Crippen LogP contribution in [0.2, 0.25) is 0 Å². The van der Waals surface area contributed by atoms with Crippen molar-refractivity contribution in [3.63, 3.8) is 0 Å². The number of pyridine rings is 2. The van der Waals surface area contributed by atoms with E-state index in [0.717, 1.165) is 0 Å². The van der Waals surface area contributed by atoms with Crippen LogP contribution in [0.25, 0.3) is 11.1 Å². The monoisotopic (exact) mass is 188 g/mol. The molecule has 4 nitrogen and oxygen atoms in total. The SMILES string of the molecule is O=c1[nH]cccc1-c1cccnc1O. The van der Waals surface area contributed by atoms with Gasteiger partial charge in [0.1, 0.15) is 0 Å². The minimum absolute atomic E-state index is 0.135. The molecule has 2 N–H and O–H groups in total. The Kier molecular flexibility index (Phi) is 2.02. The molecule has 2 aromatic rings. The summed E-state index contributed by atoms with van der Waals surface area (Å²) in [6.07, 6.45) is 3.01. The molecule has 0 saturated carbocycles. The Morgan fingerprint density at radius 2 is 2.00 bits per heavy atom. The van der Waals surface area contributed by atoms with E-state index in [-0.39, 0.29) is 11.4 Å². The quantitative estimate of drug-likeness (QED) is 0.705. The lowest BCUT2D eigenvalue weighted by Gasteiger charge is -2.00. The predicted octanol–water partition coefficient (Wildman–Crippen LogP) is 1.14. The second kappa shape index (κ2) is 3.33. The van der Waals surface area contributed by atoms with Crippen LogP contribution in [0.3, 0.4) is 0 Å². The average Bonchev–Trinajstić information content (AvgIpc) is 2.20. The van der Waals surface area contributed by atoms with E-state index >= 15 is 0 Å². The van der Waals surface area contributed by atoms with Crippen molar-refractivity contribution in [2.24, 2.45) is 0 Å². The number of hydrogen-bond acceptors (Lipinski definition) is 3. The molecule has 70 valence electrons. The molecule has 4 heteroatoms. The number of nitrogens with zero attached hydrogens (tertiary/aromatic N) is 1. The lowest BCUT2D eigenvalue weighted by Crippen LogP contribution is -2.07. The Morgan fingerprint density at radius 1 is 1.21 bits per heavy atom. The molecule has 0 aliphatic heterocycles. The van der Waals surface area contributed by atoms with E-state index in [2.05, 4.69) is 9.97 Å². The standard InChI is InChI=1S/C10H8N2O2/c13-9-7(3-1-5-11-9)8-4-2-6-12-10(8)14/h1-6H,(H,11,13)(H,12,14). The van der Waals surface area contributed by atoms with Crippen LogP contribution in [0.5, 0.6) is 5.88 Å². The number of H-pyrrole nitrogens is 1. The van der Waals surface area contributed by atoms with Crippen LogP contribution in [-0.2, 0) is 0 Å². The van der Waals surface area contributed by atoms with Crippen molar-refractivity contribution in [2.75, 3.05) is 0 Å². The van der Waals surface area contributed by atoms with Gasteiger partial charge in [0, 0.05) is 18.0 Å². The van der Waals surface area contributed by atoms with E-state index in [1.807, 2.05) is 0 Å². The van der Waals surface area contributed by atoms with Gasteiger partial charge in [-0.25, -0.2) is 4.98 Å². The van der Waals surface area contributed by atoms with E-state index in [4.69, 9.17) is 0 Å². The van der Waals surface area contributed by atoms with Crippen LogP contribution < -0.4 is 5.56 Å². The molecule has 0 fully saturated rings. The molecule has 2 rings (SSSR count). The maximum atomic E-state index is 11.4. The van der Waals surface area contributed by atoms with E-state index in [1.165, 1.54) is 6.20 Å². The van der Waals surface area contributed by atoms with Crippen molar-refractivity contribution >= 4 is 0 Å². The normalized spacial score (nSPS) is 10.0. The van der Waals surface area contributed by atoms with Gasteiger partial charge in [-0.1, -0.05) is 0 Å². The van der Waals surface area contributed by atoms with Crippen molar-refractivity contribution < 1.29 is 5.11 Å². The van der Waals surface area contributed by atoms with Gasteiger partial charge in [0.25, 0.3) is 5.56 Å². The molecule has 2 aromatic heterocycles. The maximum absolute atomic E-state index is 11.4.